The zero-order valence-electron chi connectivity index (χ0n) is 26.4. The number of nitrogens with zero attached hydrogens (tertiary/aromatic N) is 1. The minimum atomic E-state index is -0.359. The molecule has 43 heavy (non-hydrogen) atoms. The van der Waals surface area contributed by atoms with Crippen LogP contribution in [0.1, 0.15) is 91.1 Å². The van der Waals surface area contributed by atoms with Gasteiger partial charge in [0.15, 0.2) is 0 Å². The van der Waals surface area contributed by atoms with Crippen molar-refractivity contribution in [2.75, 3.05) is 38.2 Å². The number of amides is 1. The molecular formula is C36H49BrN2O4. The highest BCUT2D eigenvalue weighted by Crippen LogP contribution is 2.21. The molecule has 1 amide bonds. The van der Waals surface area contributed by atoms with Gasteiger partial charge < -0.3 is 36.3 Å². The van der Waals surface area contributed by atoms with E-state index in [-0.39, 0.29) is 28.9 Å². The van der Waals surface area contributed by atoms with Gasteiger partial charge in [0.05, 0.1) is 30.8 Å². The maximum Gasteiger partial charge on any atom is 0.338 e. The third-order valence-electron chi connectivity index (χ3n) is 8.04. The van der Waals surface area contributed by atoms with E-state index < -0.39 is 0 Å². The molecule has 0 radical (unpaired) electrons. The Balaban J connectivity index is 0.00000645. The summed E-state index contributed by atoms with van der Waals surface area (Å²) in [5.74, 6) is -0.0209. The van der Waals surface area contributed by atoms with Crippen molar-refractivity contribution >= 4 is 17.6 Å². The summed E-state index contributed by atoms with van der Waals surface area (Å²) in [5, 5.41) is 2.92. The highest BCUT2D eigenvalue weighted by Gasteiger charge is 2.24. The van der Waals surface area contributed by atoms with Crippen LogP contribution in [0.4, 0.5) is 5.69 Å². The van der Waals surface area contributed by atoms with Crippen molar-refractivity contribution in [1.82, 2.24) is 0 Å². The van der Waals surface area contributed by atoms with Crippen molar-refractivity contribution in [3.8, 4) is 5.75 Å². The quantitative estimate of drug-likeness (QED) is 0.117. The minimum Gasteiger partial charge on any atom is -1.00 e. The zero-order chi connectivity index (χ0) is 30.2. The Bertz CT molecular complexity index is 1240. The molecule has 7 heteroatoms. The molecule has 0 heterocycles. The Morgan fingerprint density at radius 1 is 0.767 bits per heavy atom. The second-order valence-corrected chi connectivity index (χ2v) is 11.1. The fourth-order valence-corrected chi connectivity index (χ4v) is 5.07. The van der Waals surface area contributed by atoms with Gasteiger partial charge in [0, 0.05) is 11.3 Å². The van der Waals surface area contributed by atoms with E-state index in [1.807, 2.05) is 18.2 Å². The predicted molar refractivity (Wildman–Crippen MR) is 171 cm³/mol. The van der Waals surface area contributed by atoms with Crippen LogP contribution in [-0.2, 0) is 11.3 Å². The van der Waals surface area contributed by atoms with Crippen LogP contribution in [-0.4, -0.2) is 49.2 Å². The van der Waals surface area contributed by atoms with Gasteiger partial charge in [-0.05, 0) is 63.6 Å². The van der Waals surface area contributed by atoms with Crippen LogP contribution in [0.25, 0.3) is 0 Å². The van der Waals surface area contributed by atoms with Crippen molar-refractivity contribution in [3.63, 3.8) is 0 Å². The van der Waals surface area contributed by atoms with Crippen molar-refractivity contribution < 1.29 is 40.5 Å². The summed E-state index contributed by atoms with van der Waals surface area (Å²) in [6.07, 6.45) is 7.10. The number of nitrogens with one attached hydrogen (secondary N) is 1. The van der Waals surface area contributed by atoms with Crippen LogP contribution in [0.2, 0.25) is 0 Å². The van der Waals surface area contributed by atoms with Gasteiger partial charge in [0.25, 0.3) is 5.91 Å². The molecule has 0 unspecified atom stereocenters. The molecule has 3 aromatic rings. The molecule has 0 aliphatic rings. The average molecular weight is 654 g/mol. The molecule has 1 N–H and O–H groups in total. The third-order valence-corrected chi connectivity index (χ3v) is 8.04. The number of unbranched alkanes of at least 4 members (excludes halogenated alkanes) is 5. The summed E-state index contributed by atoms with van der Waals surface area (Å²) >= 11 is 0. The van der Waals surface area contributed by atoms with E-state index in [0.29, 0.717) is 35.8 Å². The molecule has 0 aliphatic carbocycles. The van der Waals surface area contributed by atoms with Gasteiger partial charge in [0.2, 0.25) is 0 Å². The second-order valence-electron chi connectivity index (χ2n) is 11.1. The number of para-hydroxylation sites is 1. The number of hydrogen-bond donors (Lipinski definition) is 1. The average Bonchev–Trinajstić information content (AvgIpc) is 3.01. The number of aryl methyl sites for hydroxylation is 1. The van der Waals surface area contributed by atoms with Gasteiger partial charge in [-0.15, -0.1) is 0 Å². The van der Waals surface area contributed by atoms with E-state index in [2.05, 4.69) is 57.3 Å². The number of esters is 1. The summed E-state index contributed by atoms with van der Waals surface area (Å²) in [4.78, 5) is 25.8. The number of rotatable bonds is 18. The second kappa shape index (κ2) is 19.2. The summed E-state index contributed by atoms with van der Waals surface area (Å²) in [7, 11) is 0. The number of anilines is 1. The van der Waals surface area contributed by atoms with Crippen LogP contribution >= 0.6 is 0 Å². The fraction of sp³-hybridized carbons (Fsp3) is 0.444. The number of halogens is 1. The number of ether oxygens (including phenoxy) is 2. The molecule has 0 aliphatic heterocycles. The van der Waals surface area contributed by atoms with Gasteiger partial charge >= 0.3 is 5.97 Å². The number of hydrogen-bond acceptors (Lipinski definition) is 4. The van der Waals surface area contributed by atoms with E-state index >= 15 is 0 Å². The van der Waals surface area contributed by atoms with Gasteiger partial charge in [-0.2, -0.15) is 0 Å². The molecular weight excluding hydrogens is 604 g/mol. The summed E-state index contributed by atoms with van der Waals surface area (Å²) in [6.45, 7) is 13.2. The highest BCUT2D eigenvalue weighted by molar-refractivity contribution is 6.06. The van der Waals surface area contributed by atoms with E-state index in [4.69, 9.17) is 9.47 Å². The molecule has 0 saturated carbocycles. The monoisotopic (exact) mass is 652 g/mol. The highest BCUT2D eigenvalue weighted by atomic mass is 79.9. The standard InChI is InChI=1S/C36H48N2O4.BrH/c1-5-8-9-10-11-14-26-41-34-16-13-12-15-33(34)35(39)37-32-23-21-31(22-24-32)36(40)42-27-25-38(6-2,7-3)28-30-19-17-29(4)18-20-30;/h12-13,15-24H,5-11,14,25-28H2,1-4H3;1H. The molecule has 3 aromatic carbocycles. The summed E-state index contributed by atoms with van der Waals surface area (Å²) in [6, 6.07) is 22.8. The first-order chi connectivity index (χ1) is 20.4. The maximum atomic E-state index is 13.0. The lowest BCUT2D eigenvalue weighted by Crippen LogP contribution is -3.00. The van der Waals surface area contributed by atoms with E-state index in [1.165, 1.54) is 36.8 Å². The Labute approximate surface area is 269 Å². The SMILES string of the molecule is CCCCCCCCOc1ccccc1C(=O)Nc1ccc(C(=O)OCC[N+](CC)(CC)Cc2ccc(C)cc2)cc1.[Br-]. The van der Waals surface area contributed by atoms with Crippen molar-refractivity contribution in [3.05, 3.63) is 95.1 Å². The summed E-state index contributed by atoms with van der Waals surface area (Å²) < 4.78 is 12.5. The van der Waals surface area contributed by atoms with E-state index in [1.54, 1.807) is 30.3 Å². The molecule has 0 atom stereocenters. The lowest BCUT2D eigenvalue weighted by Gasteiger charge is -2.36. The first kappa shape index (κ1) is 36.0. The third kappa shape index (κ3) is 11.8. The number of benzene rings is 3. The first-order valence-corrected chi connectivity index (χ1v) is 15.6. The Hall–Kier alpha value is -3.16. The first-order valence-electron chi connectivity index (χ1n) is 15.6. The Morgan fingerprint density at radius 3 is 2.09 bits per heavy atom. The van der Waals surface area contributed by atoms with E-state index in [9.17, 15) is 9.59 Å². The molecule has 234 valence electrons. The lowest BCUT2D eigenvalue weighted by atomic mass is 10.1. The van der Waals surface area contributed by atoms with E-state index in [0.717, 1.165) is 43.5 Å². The molecule has 0 spiro atoms. The largest absolute Gasteiger partial charge is 1.00 e. The summed E-state index contributed by atoms with van der Waals surface area (Å²) in [5.41, 5.74) is 4.10. The predicted octanol–water partition coefficient (Wildman–Crippen LogP) is 5.20. The van der Waals surface area contributed by atoms with Crippen molar-refractivity contribution in [2.45, 2.75) is 72.8 Å². The normalized spacial score (nSPS) is 11.0. The number of carbonyl (C=O) groups excluding carboxylic acids is 2. The van der Waals surface area contributed by atoms with Gasteiger partial charge in [0.1, 0.15) is 25.4 Å². The van der Waals surface area contributed by atoms with Crippen LogP contribution in [0.5, 0.6) is 5.75 Å². The molecule has 6 nitrogen and oxygen atoms in total. The minimum absolute atomic E-state index is 0. The fourth-order valence-electron chi connectivity index (χ4n) is 5.07. The van der Waals surface area contributed by atoms with Gasteiger partial charge in [-0.1, -0.05) is 81.0 Å². The molecule has 3 rings (SSSR count). The molecule has 0 saturated heterocycles. The van der Waals surface area contributed by atoms with Crippen LogP contribution in [0.3, 0.4) is 0 Å². The molecule has 0 aromatic heterocycles. The van der Waals surface area contributed by atoms with Crippen LogP contribution < -0.4 is 27.0 Å². The van der Waals surface area contributed by atoms with Gasteiger partial charge in [-0.3, -0.25) is 4.79 Å². The molecule has 0 bridgehead atoms. The number of carbonyl (C=O) groups is 2. The lowest BCUT2D eigenvalue weighted by molar-refractivity contribution is -0.937. The van der Waals surface area contributed by atoms with Gasteiger partial charge in [-0.25, -0.2) is 4.79 Å². The smallest absolute Gasteiger partial charge is 0.338 e. The van der Waals surface area contributed by atoms with Crippen LogP contribution in [0.15, 0.2) is 72.8 Å². The van der Waals surface area contributed by atoms with Crippen molar-refractivity contribution in [1.29, 1.82) is 0 Å². The van der Waals surface area contributed by atoms with Crippen LogP contribution in [0, 0.1) is 6.92 Å². The maximum absolute atomic E-state index is 13.0. The number of quaternary nitrogens is 1. The van der Waals surface area contributed by atoms with Crippen molar-refractivity contribution in [2.24, 2.45) is 0 Å². The topological polar surface area (TPSA) is 64.6 Å². The zero-order valence-corrected chi connectivity index (χ0v) is 28.0. The molecule has 0 fully saturated rings. The number of likely N-dealkylation sites (N-methyl/N-ethyl adjacent to an activating group) is 1. The Kier molecular flexibility index (Phi) is 16.1. The Morgan fingerprint density at radius 2 is 1.42 bits per heavy atom.